The lowest BCUT2D eigenvalue weighted by Gasteiger charge is -2.28. The molecule has 34 heavy (non-hydrogen) atoms. The first-order chi connectivity index (χ1) is 16.3. The monoisotopic (exact) mass is 479 g/mol. The summed E-state index contributed by atoms with van der Waals surface area (Å²) in [6.07, 6.45) is 2.39. The average molecular weight is 480 g/mol. The molecule has 188 valence electrons. The molecule has 0 bridgehead atoms. The Bertz CT molecular complexity index is 820. The maximum Gasteiger partial charge on any atom is 0.328 e. The number of benzene rings is 1. The summed E-state index contributed by atoms with van der Waals surface area (Å²) in [6, 6.07) is 7.61. The Morgan fingerprint density at radius 2 is 1.94 bits per heavy atom. The molecule has 1 amide bonds. The van der Waals surface area contributed by atoms with Gasteiger partial charge in [0.1, 0.15) is 12.1 Å². The summed E-state index contributed by atoms with van der Waals surface area (Å²) in [5.74, 6) is -1.28. The van der Waals surface area contributed by atoms with Crippen LogP contribution in [0.3, 0.4) is 0 Å². The normalized spacial score (nSPS) is 17.0. The van der Waals surface area contributed by atoms with Crippen molar-refractivity contribution in [3.05, 3.63) is 46.0 Å². The summed E-state index contributed by atoms with van der Waals surface area (Å²) >= 11 is 0. The Kier molecular flexibility index (Phi) is 11.2. The molecule has 0 saturated carbocycles. The number of carbonyl (C=O) groups is 3. The van der Waals surface area contributed by atoms with E-state index in [1.54, 1.807) is 13.8 Å². The number of amides is 1. The highest BCUT2D eigenvalue weighted by atomic mass is 16.9. The van der Waals surface area contributed by atoms with Gasteiger partial charge < -0.3 is 19.2 Å². The number of nitrogens with one attached hydrogen (secondary N) is 1. The molecule has 0 radical (unpaired) electrons. The van der Waals surface area contributed by atoms with E-state index in [0.717, 1.165) is 5.56 Å². The van der Waals surface area contributed by atoms with Crippen molar-refractivity contribution in [3.63, 3.8) is 0 Å². The molecule has 0 spiro atoms. The largest absolute Gasteiger partial charge is 0.465 e. The van der Waals surface area contributed by atoms with Gasteiger partial charge in [-0.05, 0) is 45.1 Å². The van der Waals surface area contributed by atoms with Crippen LogP contribution in [0.4, 0.5) is 0 Å². The van der Waals surface area contributed by atoms with Gasteiger partial charge in [-0.2, -0.15) is 0 Å². The molecule has 1 heterocycles. The van der Waals surface area contributed by atoms with Crippen LogP contribution in [0.15, 0.2) is 30.3 Å². The number of likely N-dealkylation sites (tertiary alicyclic amines) is 1. The van der Waals surface area contributed by atoms with Gasteiger partial charge in [-0.15, -0.1) is 10.1 Å². The molecule has 1 saturated heterocycles. The minimum absolute atomic E-state index is 0.0383. The third kappa shape index (κ3) is 8.62. The van der Waals surface area contributed by atoms with Crippen molar-refractivity contribution < 1.29 is 33.8 Å². The van der Waals surface area contributed by atoms with Crippen molar-refractivity contribution in [1.82, 2.24) is 10.2 Å². The number of ether oxygens (including phenoxy) is 2. The van der Waals surface area contributed by atoms with Crippen LogP contribution in [-0.2, 0) is 35.1 Å². The molecule has 11 nitrogen and oxygen atoms in total. The minimum Gasteiger partial charge on any atom is -0.465 e. The summed E-state index contributed by atoms with van der Waals surface area (Å²) in [6.45, 7) is 3.81. The number of rotatable bonds is 14. The van der Waals surface area contributed by atoms with Gasteiger partial charge in [0, 0.05) is 13.0 Å². The summed E-state index contributed by atoms with van der Waals surface area (Å²) in [5.41, 5.74) is 1.07. The topological polar surface area (TPSA) is 137 Å². The average Bonchev–Trinajstić information content (AvgIpc) is 3.31. The lowest BCUT2D eigenvalue weighted by Crippen LogP contribution is -2.53. The second kappa shape index (κ2) is 14.1. The van der Waals surface area contributed by atoms with E-state index in [2.05, 4.69) is 10.2 Å². The van der Waals surface area contributed by atoms with Crippen molar-refractivity contribution in [3.8, 4) is 0 Å². The first-order valence-corrected chi connectivity index (χ1v) is 11.5. The first-order valence-electron chi connectivity index (χ1n) is 11.5. The Morgan fingerprint density at radius 3 is 2.62 bits per heavy atom. The molecule has 1 unspecified atom stereocenters. The number of hydrogen-bond donors (Lipinski definition) is 1. The van der Waals surface area contributed by atoms with Crippen molar-refractivity contribution in [1.29, 1.82) is 0 Å². The molecule has 3 atom stereocenters. The van der Waals surface area contributed by atoms with Crippen LogP contribution in [0.2, 0.25) is 0 Å². The third-order valence-electron chi connectivity index (χ3n) is 5.49. The van der Waals surface area contributed by atoms with E-state index >= 15 is 0 Å². The number of aryl methyl sites for hydroxylation is 1. The van der Waals surface area contributed by atoms with Crippen LogP contribution in [-0.4, -0.2) is 72.3 Å². The highest BCUT2D eigenvalue weighted by molar-refractivity contribution is 5.88. The molecule has 1 aliphatic rings. The molecule has 2 rings (SSSR count). The van der Waals surface area contributed by atoms with Crippen LogP contribution in [0.5, 0.6) is 0 Å². The zero-order chi connectivity index (χ0) is 24.9. The predicted octanol–water partition coefficient (Wildman–Crippen LogP) is 1.66. The molecule has 0 aromatic heterocycles. The summed E-state index contributed by atoms with van der Waals surface area (Å²) < 4.78 is 10.4. The highest BCUT2D eigenvalue weighted by Crippen LogP contribution is 2.20. The smallest absolute Gasteiger partial charge is 0.328 e. The van der Waals surface area contributed by atoms with Crippen LogP contribution in [0.25, 0.3) is 0 Å². The number of esters is 2. The van der Waals surface area contributed by atoms with Crippen molar-refractivity contribution in [2.75, 3.05) is 26.4 Å². The molecule has 1 N–H and O–H groups in total. The maximum absolute atomic E-state index is 13.1. The van der Waals surface area contributed by atoms with Crippen molar-refractivity contribution in [2.45, 2.75) is 64.1 Å². The van der Waals surface area contributed by atoms with E-state index in [-0.39, 0.29) is 32.1 Å². The van der Waals surface area contributed by atoms with E-state index in [1.807, 2.05) is 30.3 Å². The fraction of sp³-hybridized carbons (Fsp3) is 0.609. The van der Waals surface area contributed by atoms with E-state index < -0.39 is 35.2 Å². The molecular formula is C23H33N3O8. The zero-order valence-electron chi connectivity index (χ0n) is 19.6. The predicted molar refractivity (Wildman–Crippen MR) is 121 cm³/mol. The summed E-state index contributed by atoms with van der Waals surface area (Å²) in [7, 11) is 0. The quantitative estimate of drug-likeness (QED) is 0.183. The molecule has 1 aliphatic heterocycles. The van der Waals surface area contributed by atoms with Gasteiger partial charge in [-0.1, -0.05) is 30.3 Å². The second-order valence-electron chi connectivity index (χ2n) is 7.98. The Balaban J connectivity index is 1.92. The van der Waals surface area contributed by atoms with Crippen LogP contribution >= 0.6 is 0 Å². The molecule has 1 aromatic rings. The van der Waals surface area contributed by atoms with Gasteiger partial charge in [0.25, 0.3) is 5.09 Å². The number of hydrogen-bond acceptors (Lipinski definition) is 9. The van der Waals surface area contributed by atoms with Gasteiger partial charge in [-0.3, -0.25) is 14.9 Å². The second-order valence-corrected chi connectivity index (χ2v) is 7.98. The van der Waals surface area contributed by atoms with Gasteiger partial charge in [-0.25, -0.2) is 4.79 Å². The lowest BCUT2D eigenvalue weighted by molar-refractivity contribution is -0.757. The van der Waals surface area contributed by atoms with E-state index in [0.29, 0.717) is 32.2 Å². The number of nitrogens with zero attached hydrogens (tertiary/aromatic N) is 2. The molecule has 1 aromatic carbocycles. The van der Waals surface area contributed by atoms with Crippen molar-refractivity contribution >= 4 is 17.8 Å². The number of carbonyl (C=O) groups excluding carboxylic acids is 3. The summed E-state index contributed by atoms with van der Waals surface area (Å²) in [4.78, 5) is 53.9. The highest BCUT2D eigenvalue weighted by Gasteiger charge is 2.38. The maximum atomic E-state index is 13.1. The Morgan fingerprint density at radius 1 is 1.21 bits per heavy atom. The van der Waals surface area contributed by atoms with Crippen LogP contribution in [0.1, 0.15) is 45.1 Å². The molecule has 0 aliphatic carbocycles. The fourth-order valence-electron chi connectivity index (χ4n) is 3.83. The standard InChI is InChI=1S/C23H33N3O8/c1-3-32-22(28)19(13-12-18-9-5-4-6-10-18)24-17(2)21(27)25-14-7-11-20(25)23(29)33-15-8-16-34-26(30)31/h4-6,9-10,17,19-20,24H,3,7-8,11-16H2,1-2H3/t17-,19?,20-/m0/s1. The first kappa shape index (κ1) is 27.0. The fourth-order valence-corrected chi connectivity index (χ4v) is 3.83. The zero-order valence-corrected chi connectivity index (χ0v) is 19.6. The third-order valence-corrected chi connectivity index (χ3v) is 5.49. The summed E-state index contributed by atoms with van der Waals surface area (Å²) in [5, 5.41) is 12.3. The molecule has 1 fully saturated rings. The van der Waals surface area contributed by atoms with E-state index in [1.165, 1.54) is 4.90 Å². The lowest BCUT2D eigenvalue weighted by atomic mass is 10.0. The van der Waals surface area contributed by atoms with Gasteiger partial charge in [0.15, 0.2) is 0 Å². The Labute approximate surface area is 198 Å². The van der Waals surface area contributed by atoms with Crippen LogP contribution < -0.4 is 5.32 Å². The van der Waals surface area contributed by atoms with Gasteiger partial charge >= 0.3 is 11.9 Å². The van der Waals surface area contributed by atoms with Crippen molar-refractivity contribution in [2.24, 2.45) is 0 Å². The minimum atomic E-state index is -0.906. The molecular weight excluding hydrogens is 446 g/mol. The Hall–Kier alpha value is -3.21. The van der Waals surface area contributed by atoms with Gasteiger partial charge in [0.2, 0.25) is 5.91 Å². The van der Waals surface area contributed by atoms with Gasteiger partial charge in [0.05, 0.1) is 25.9 Å². The van der Waals surface area contributed by atoms with E-state index in [4.69, 9.17) is 9.47 Å². The van der Waals surface area contributed by atoms with E-state index in [9.17, 15) is 24.5 Å². The SMILES string of the molecule is CCOC(=O)C(CCc1ccccc1)N[C@@H](C)C(=O)N1CCC[C@H]1C(=O)OCCCO[N+](=O)[O-]. The van der Waals surface area contributed by atoms with Crippen LogP contribution in [0, 0.1) is 10.1 Å². The molecule has 11 heteroatoms.